The summed E-state index contributed by atoms with van der Waals surface area (Å²) in [6.45, 7) is 1.53. The van der Waals surface area contributed by atoms with E-state index >= 15 is 0 Å². The van der Waals surface area contributed by atoms with Gasteiger partial charge in [0.15, 0.2) is 0 Å². The molecule has 0 unspecified atom stereocenters. The number of amides is 2. The zero-order chi connectivity index (χ0) is 18.5. The molecule has 3 rings (SSSR count). The van der Waals surface area contributed by atoms with Crippen molar-refractivity contribution in [1.82, 2.24) is 15.5 Å². The number of halogens is 1. The fourth-order valence-electron chi connectivity index (χ4n) is 2.16. The Bertz CT molecular complexity index is 930. The van der Waals surface area contributed by atoms with E-state index in [4.69, 9.17) is 0 Å². The zero-order valence-electron chi connectivity index (χ0n) is 13.8. The first-order valence-corrected chi connectivity index (χ1v) is 8.61. The Morgan fingerprint density at radius 2 is 1.85 bits per heavy atom. The molecular weight excluding hydrogens is 355 g/mol. The lowest BCUT2D eigenvalue weighted by molar-refractivity contribution is -0.117. The van der Waals surface area contributed by atoms with E-state index in [9.17, 15) is 14.0 Å². The highest BCUT2D eigenvalue weighted by molar-refractivity contribution is 7.18. The number of carbonyl (C=O) groups is 2. The monoisotopic (exact) mass is 370 g/mol. The van der Waals surface area contributed by atoms with Crippen molar-refractivity contribution in [2.45, 2.75) is 13.0 Å². The molecule has 0 aliphatic heterocycles. The van der Waals surface area contributed by atoms with E-state index in [1.54, 1.807) is 0 Å². The Morgan fingerprint density at radius 1 is 1.08 bits per heavy atom. The lowest BCUT2D eigenvalue weighted by Crippen LogP contribution is -2.41. The van der Waals surface area contributed by atoms with Crippen molar-refractivity contribution in [3.05, 3.63) is 66.0 Å². The van der Waals surface area contributed by atoms with Crippen LogP contribution in [-0.4, -0.2) is 28.1 Å². The first kappa shape index (κ1) is 17.7. The molecule has 0 aliphatic carbocycles. The third kappa shape index (κ3) is 4.28. The number of hydrogen-bond acceptors (Lipinski definition) is 5. The van der Waals surface area contributed by atoms with Gasteiger partial charge < -0.3 is 5.32 Å². The molecule has 6 nitrogen and oxygen atoms in total. The maximum absolute atomic E-state index is 13.2. The summed E-state index contributed by atoms with van der Waals surface area (Å²) in [6.07, 6.45) is 0. The van der Waals surface area contributed by atoms with E-state index in [0.717, 1.165) is 11.6 Å². The Hall–Kier alpha value is -3.13. The maximum Gasteiger partial charge on any atom is 0.252 e. The van der Waals surface area contributed by atoms with Crippen molar-refractivity contribution in [1.29, 1.82) is 0 Å². The van der Waals surface area contributed by atoms with Gasteiger partial charge in [-0.2, -0.15) is 0 Å². The number of nitrogens with one attached hydrogen (secondary N) is 2. The van der Waals surface area contributed by atoms with E-state index in [0.29, 0.717) is 10.1 Å². The third-order valence-corrected chi connectivity index (χ3v) is 4.39. The normalized spacial score (nSPS) is 11.6. The molecule has 0 saturated carbocycles. The Kier molecular flexibility index (Phi) is 5.33. The van der Waals surface area contributed by atoms with Crippen molar-refractivity contribution >= 4 is 28.3 Å². The Morgan fingerprint density at radius 3 is 2.58 bits per heavy atom. The van der Waals surface area contributed by atoms with Crippen LogP contribution in [0.4, 0.5) is 9.52 Å². The summed E-state index contributed by atoms with van der Waals surface area (Å²) in [5.41, 5.74) is 1.05. The molecule has 0 spiro atoms. The maximum atomic E-state index is 13.2. The van der Waals surface area contributed by atoms with Gasteiger partial charge >= 0.3 is 0 Å². The van der Waals surface area contributed by atoms with Crippen molar-refractivity contribution in [3.8, 4) is 10.6 Å². The lowest BCUT2D eigenvalue weighted by atomic mass is 10.2. The molecule has 0 bridgehead atoms. The van der Waals surface area contributed by atoms with Crippen molar-refractivity contribution in [2.24, 2.45) is 0 Å². The molecule has 1 atom stereocenters. The molecule has 2 N–H and O–H groups in total. The molecule has 3 aromatic rings. The van der Waals surface area contributed by atoms with E-state index < -0.39 is 23.7 Å². The lowest BCUT2D eigenvalue weighted by Gasteiger charge is -2.12. The average molecular weight is 370 g/mol. The molecule has 132 valence electrons. The van der Waals surface area contributed by atoms with Gasteiger partial charge in [-0.3, -0.25) is 14.9 Å². The quantitative estimate of drug-likeness (QED) is 0.723. The SMILES string of the molecule is C[C@@H](NC(=O)c1cccc(F)c1)C(=O)Nc1nnc(-c2ccccc2)s1. The fraction of sp³-hybridized carbons (Fsp3) is 0.111. The highest BCUT2D eigenvalue weighted by Crippen LogP contribution is 2.25. The predicted molar refractivity (Wildman–Crippen MR) is 97.3 cm³/mol. The molecule has 0 aliphatic rings. The number of rotatable bonds is 5. The number of anilines is 1. The van der Waals surface area contributed by atoms with Crippen LogP contribution in [0, 0.1) is 5.82 Å². The van der Waals surface area contributed by atoms with Gasteiger partial charge in [0.25, 0.3) is 5.91 Å². The zero-order valence-corrected chi connectivity index (χ0v) is 14.6. The summed E-state index contributed by atoms with van der Waals surface area (Å²) in [5, 5.41) is 14.1. The van der Waals surface area contributed by atoms with Gasteiger partial charge in [0.05, 0.1) is 0 Å². The largest absolute Gasteiger partial charge is 0.341 e. The third-order valence-electron chi connectivity index (χ3n) is 3.50. The molecular formula is C18H15FN4O2S. The second kappa shape index (κ2) is 7.83. The summed E-state index contributed by atoms with van der Waals surface area (Å²) in [6, 6.07) is 13.9. The number of aromatic nitrogens is 2. The van der Waals surface area contributed by atoms with Crippen LogP contribution >= 0.6 is 11.3 Å². The first-order valence-electron chi connectivity index (χ1n) is 7.79. The summed E-state index contributed by atoms with van der Waals surface area (Å²) in [7, 11) is 0. The van der Waals surface area contributed by atoms with Crippen LogP contribution < -0.4 is 10.6 Å². The van der Waals surface area contributed by atoms with Crippen LogP contribution in [0.15, 0.2) is 54.6 Å². The average Bonchev–Trinajstić information content (AvgIpc) is 3.11. The minimum absolute atomic E-state index is 0.145. The smallest absolute Gasteiger partial charge is 0.252 e. The highest BCUT2D eigenvalue weighted by atomic mass is 32.1. The number of hydrogen-bond donors (Lipinski definition) is 2. The molecule has 0 radical (unpaired) electrons. The van der Waals surface area contributed by atoms with Gasteiger partial charge in [-0.15, -0.1) is 10.2 Å². The van der Waals surface area contributed by atoms with Crippen LogP contribution in [-0.2, 0) is 4.79 Å². The number of benzene rings is 2. The van der Waals surface area contributed by atoms with Crippen molar-refractivity contribution < 1.29 is 14.0 Å². The molecule has 1 aromatic heterocycles. The summed E-state index contributed by atoms with van der Waals surface area (Å²) in [5.74, 6) is -1.49. The second-order valence-electron chi connectivity index (χ2n) is 5.47. The van der Waals surface area contributed by atoms with Crippen LogP contribution in [0.25, 0.3) is 10.6 Å². The Labute approximate surface area is 153 Å². The summed E-state index contributed by atoms with van der Waals surface area (Å²) in [4.78, 5) is 24.3. The molecule has 1 heterocycles. The summed E-state index contributed by atoms with van der Waals surface area (Å²) < 4.78 is 13.2. The molecule has 2 amide bonds. The van der Waals surface area contributed by atoms with E-state index in [-0.39, 0.29) is 5.56 Å². The van der Waals surface area contributed by atoms with Crippen molar-refractivity contribution in [3.63, 3.8) is 0 Å². The second-order valence-corrected chi connectivity index (χ2v) is 6.45. The van der Waals surface area contributed by atoms with Crippen LogP contribution in [0.3, 0.4) is 0 Å². The Balaban J connectivity index is 1.61. The van der Waals surface area contributed by atoms with E-state index in [1.165, 1.54) is 36.5 Å². The molecule has 8 heteroatoms. The van der Waals surface area contributed by atoms with Crippen LogP contribution in [0.1, 0.15) is 17.3 Å². The molecule has 0 saturated heterocycles. The molecule has 26 heavy (non-hydrogen) atoms. The first-order chi connectivity index (χ1) is 12.5. The van der Waals surface area contributed by atoms with Crippen LogP contribution in [0.5, 0.6) is 0 Å². The van der Waals surface area contributed by atoms with Crippen molar-refractivity contribution in [2.75, 3.05) is 5.32 Å². The number of carbonyl (C=O) groups excluding carboxylic acids is 2. The van der Waals surface area contributed by atoms with Gasteiger partial charge in [0, 0.05) is 11.1 Å². The van der Waals surface area contributed by atoms with Gasteiger partial charge in [-0.25, -0.2) is 4.39 Å². The van der Waals surface area contributed by atoms with Gasteiger partial charge in [-0.05, 0) is 25.1 Å². The van der Waals surface area contributed by atoms with Gasteiger partial charge in [-0.1, -0.05) is 47.7 Å². The molecule has 0 fully saturated rings. The van der Waals surface area contributed by atoms with E-state index in [1.807, 2.05) is 30.3 Å². The minimum Gasteiger partial charge on any atom is -0.341 e. The fourth-order valence-corrected chi connectivity index (χ4v) is 2.91. The number of nitrogens with zero attached hydrogens (tertiary/aromatic N) is 2. The summed E-state index contributed by atoms with van der Waals surface area (Å²) >= 11 is 1.23. The van der Waals surface area contributed by atoms with E-state index in [2.05, 4.69) is 20.8 Å². The van der Waals surface area contributed by atoms with Gasteiger partial charge in [0.2, 0.25) is 11.0 Å². The highest BCUT2D eigenvalue weighted by Gasteiger charge is 2.18. The predicted octanol–water partition coefficient (Wildman–Crippen LogP) is 3.10. The van der Waals surface area contributed by atoms with Gasteiger partial charge in [0.1, 0.15) is 16.9 Å². The van der Waals surface area contributed by atoms with Crippen LogP contribution in [0.2, 0.25) is 0 Å². The topological polar surface area (TPSA) is 84.0 Å². The standard InChI is InChI=1S/C18H15FN4O2S/c1-11(20-16(25)13-8-5-9-14(19)10-13)15(24)21-18-23-22-17(26-18)12-6-3-2-4-7-12/h2-11H,1H3,(H,20,25)(H,21,23,24)/t11-/m1/s1. The molecule has 2 aromatic carbocycles. The minimum atomic E-state index is -0.824.